The first kappa shape index (κ1) is 23.3. The van der Waals surface area contributed by atoms with Crippen LogP contribution < -0.4 is 5.56 Å². The van der Waals surface area contributed by atoms with Crippen molar-refractivity contribution in [3.8, 4) is 22.6 Å². The van der Waals surface area contributed by atoms with E-state index < -0.39 is 17.4 Å². The average Bonchev–Trinajstić information content (AvgIpc) is 3.43. The summed E-state index contributed by atoms with van der Waals surface area (Å²) in [5, 5.41) is 2.24. The molecule has 3 aromatic heterocycles. The first-order chi connectivity index (χ1) is 16.8. The maximum absolute atomic E-state index is 14.0. The maximum Gasteiger partial charge on any atom is 0.433 e. The van der Waals surface area contributed by atoms with Gasteiger partial charge in [-0.15, -0.1) is 0 Å². The van der Waals surface area contributed by atoms with Crippen molar-refractivity contribution in [1.29, 1.82) is 0 Å². The highest BCUT2D eigenvalue weighted by Crippen LogP contribution is 2.39. The highest BCUT2D eigenvalue weighted by molar-refractivity contribution is 5.81. The van der Waals surface area contributed by atoms with Crippen molar-refractivity contribution in [1.82, 2.24) is 19.6 Å². The number of aromatic nitrogens is 4. The number of methoxy groups -OCH3 is 1. The van der Waals surface area contributed by atoms with E-state index in [1.807, 2.05) is 0 Å². The van der Waals surface area contributed by atoms with Gasteiger partial charge in [0.05, 0.1) is 17.9 Å². The molecule has 1 saturated carbocycles. The molecule has 3 heterocycles. The van der Waals surface area contributed by atoms with Crippen molar-refractivity contribution in [3.63, 3.8) is 0 Å². The summed E-state index contributed by atoms with van der Waals surface area (Å²) >= 11 is 0. The number of halogens is 3. The summed E-state index contributed by atoms with van der Waals surface area (Å²) in [6.07, 6.45) is 0.498. The number of benzene rings is 1. The van der Waals surface area contributed by atoms with E-state index in [0.29, 0.717) is 17.0 Å². The minimum Gasteiger partial charge on any atom is -0.440 e. The van der Waals surface area contributed by atoms with Crippen LogP contribution in [0.4, 0.5) is 13.2 Å². The molecule has 0 atom stereocenters. The number of alkyl halides is 3. The molecule has 0 unspecified atom stereocenters. The van der Waals surface area contributed by atoms with Crippen molar-refractivity contribution in [3.05, 3.63) is 63.5 Å². The molecule has 5 rings (SSSR count). The largest absolute Gasteiger partial charge is 0.440 e. The monoisotopic (exact) mass is 486 g/mol. The van der Waals surface area contributed by atoms with E-state index in [2.05, 4.69) is 15.1 Å². The fourth-order valence-electron chi connectivity index (χ4n) is 4.90. The first-order valence-electron chi connectivity index (χ1n) is 11.6. The lowest BCUT2D eigenvalue weighted by Gasteiger charge is -2.19. The standard InChI is InChI=1S/C25H25F3N4O3/c1-14-18(23-30-17(13-34-2)20(35-23)16-11-7-4-8-12-16)24(33)32-22(29-14)19(15-9-5-3-6-10-15)21(31-32)25(26,27)28/h3,5-6,9-10,16,31H,4,7-8,11-13H2,1-2H3. The minimum atomic E-state index is -4.72. The zero-order valence-corrected chi connectivity index (χ0v) is 19.4. The zero-order chi connectivity index (χ0) is 24.7. The number of hydrogen-bond acceptors (Lipinski definition) is 5. The topological polar surface area (TPSA) is 85.4 Å². The fourth-order valence-corrected chi connectivity index (χ4v) is 4.90. The third-order valence-corrected chi connectivity index (χ3v) is 6.51. The molecule has 1 N–H and O–H groups in total. The Morgan fingerprint density at radius 3 is 2.49 bits per heavy atom. The smallest absolute Gasteiger partial charge is 0.433 e. The number of nitrogens with one attached hydrogen (secondary N) is 1. The lowest BCUT2D eigenvalue weighted by atomic mass is 9.87. The molecule has 0 radical (unpaired) electrons. The van der Waals surface area contributed by atoms with Crippen molar-refractivity contribution < 1.29 is 22.3 Å². The van der Waals surface area contributed by atoms with Crippen LogP contribution in [-0.2, 0) is 17.5 Å². The Hall–Kier alpha value is -3.40. The van der Waals surface area contributed by atoms with Gasteiger partial charge < -0.3 is 9.15 Å². The molecule has 1 fully saturated rings. The van der Waals surface area contributed by atoms with Crippen molar-refractivity contribution in [2.45, 2.75) is 57.7 Å². The minimum absolute atomic E-state index is 0.0245. The number of fused-ring (bicyclic) bond motifs is 1. The van der Waals surface area contributed by atoms with E-state index >= 15 is 0 Å². The molecule has 0 spiro atoms. The Morgan fingerprint density at radius 2 is 1.83 bits per heavy atom. The van der Waals surface area contributed by atoms with Crippen LogP contribution in [0.15, 0.2) is 39.5 Å². The number of hydrogen-bond donors (Lipinski definition) is 1. The van der Waals surface area contributed by atoms with E-state index in [4.69, 9.17) is 9.15 Å². The lowest BCUT2D eigenvalue weighted by Crippen LogP contribution is -2.20. The summed E-state index contributed by atoms with van der Waals surface area (Å²) in [5.41, 5.74) is -0.870. The molecule has 1 aliphatic rings. The Balaban J connectivity index is 1.72. The van der Waals surface area contributed by atoms with E-state index in [1.165, 1.54) is 0 Å². The van der Waals surface area contributed by atoms with E-state index in [-0.39, 0.29) is 40.9 Å². The second-order valence-corrected chi connectivity index (χ2v) is 8.86. The molecule has 0 amide bonds. The van der Waals surface area contributed by atoms with Gasteiger partial charge in [-0.05, 0) is 25.3 Å². The van der Waals surface area contributed by atoms with Crippen LogP contribution in [0.5, 0.6) is 0 Å². The summed E-state index contributed by atoms with van der Waals surface area (Å²) in [4.78, 5) is 22.5. The number of aromatic amines is 1. The number of ether oxygens (including phenoxy) is 1. The molecule has 0 bridgehead atoms. The maximum atomic E-state index is 14.0. The van der Waals surface area contributed by atoms with Crippen LogP contribution in [0.3, 0.4) is 0 Å². The Morgan fingerprint density at radius 1 is 1.11 bits per heavy atom. The van der Waals surface area contributed by atoms with Crippen molar-refractivity contribution >= 4 is 5.65 Å². The highest BCUT2D eigenvalue weighted by atomic mass is 19.4. The van der Waals surface area contributed by atoms with Gasteiger partial charge in [0, 0.05) is 13.0 Å². The summed E-state index contributed by atoms with van der Waals surface area (Å²) in [6.45, 7) is 1.79. The van der Waals surface area contributed by atoms with Gasteiger partial charge in [-0.1, -0.05) is 49.6 Å². The molecule has 4 aromatic rings. The van der Waals surface area contributed by atoms with Crippen LogP contribution in [0.1, 0.15) is 60.9 Å². The number of rotatable bonds is 5. The van der Waals surface area contributed by atoms with Crippen molar-refractivity contribution in [2.24, 2.45) is 0 Å². The van der Waals surface area contributed by atoms with E-state index in [9.17, 15) is 18.0 Å². The predicted molar refractivity (Wildman–Crippen MR) is 123 cm³/mol. The Bertz CT molecular complexity index is 1410. The molecule has 35 heavy (non-hydrogen) atoms. The zero-order valence-electron chi connectivity index (χ0n) is 19.4. The number of oxazole rings is 1. The number of H-pyrrole nitrogens is 1. The molecule has 10 heteroatoms. The second kappa shape index (κ2) is 8.99. The third-order valence-electron chi connectivity index (χ3n) is 6.51. The van der Waals surface area contributed by atoms with Gasteiger partial charge in [-0.2, -0.15) is 17.7 Å². The van der Waals surface area contributed by atoms with Crippen LogP contribution in [0.2, 0.25) is 0 Å². The molecule has 0 saturated heterocycles. The fraction of sp³-hybridized carbons (Fsp3) is 0.400. The molecule has 184 valence electrons. The van der Waals surface area contributed by atoms with Gasteiger partial charge in [0.1, 0.15) is 22.7 Å². The van der Waals surface area contributed by atoms with Crippen LogP contribution in [-0.4, -0.2) is 26.7 Å². The lowest BCUT2D eigenvalue weighted by molar-refractivity contribution is -0.140. The number of aryl methyl sites for hydroxylation is 1. The van der Waals surface area contributed by atoms with Crippen LogP contribution in [0, 0.1) is 6.92 Å². The summed E-state index contributed by atoms with van der Waals surface area (Å²) in [5.74, 6) is 0.895. The molecule has 7 nitrogen and oxygen atoms in total. The van der Waals surface area contributed by atoms with Gasteiger partial charge in [0.25, 0.3) is 5.56 Å². The predicted octanol–water partition coefficient (Wildman–Crippen LogP) is 5.87. The Labute approximate surface area is 199 Å². The summed E-state index contributed by atoms with van der Waals surface area (Å²) in [6, 6.07) is 8.08. The van der Waals surface area contributed by atoms with Gasteiger partial charge in [0.15, 0.2) is 5.65 Å². The molecule has 1 aliphatic carbocycles. The average molecular weight is 486 g/mol. The van der Waals surface area contributed by atoms with Crippen LogP contribution in [0.25, 0.3) is 28.2 Å². The second-order valence-electron chi connectivity index (χ2n) is 8.86. The summed E-state index contributed by atoms with van der Waals surface area (Å²) < 4.78 is 54.1. The first-order valence-corrected chi connectivity index (χ1v) is 11.6. The van der Waals surface area contributed by atoms with Gasteiger partial charge in [0.2, 0.25) is 5.89 Å². The van der Waals surface area contributed by atoms with E-state index in [1.54, 1.807) is 44.4 Å². The van der Waals surface area contributed by atoms with Gasteiger partial charge >= 0.3 is 6.18 Å². The third kappa shape index (κ3) is 4.16. The van der Waals surface area contributed by atoms with Gasteiger partial charge in [-0.3, -0.25) is 9.89 Å². The number of nitrogens with zero attached hydrogens (tertiary/aromatic N) is 3. The van der Waals surface area contributed by atoms with Crippen molar-refractivity contribution in [2.75, 3.05) is 7.11 Å². The quantitative estimate of drug-likeness (QED) is 0.382. The molecular weight excluding hydrogens is 461 g/mol. The Kier molecular flexibility index (Phi) is 6.00. The highest BCUT2D eigenvalue weighted by Gasteiger charge is 2.38. The summed E-state index contributed by atoms with van der Waals surface area (Å²) in [7, 11) is 1.55. The van der Waals surface area contributed by atoms with Crippen LogP contribution >= 0.6 is 0 Å². The normalized spacial score (nSPS) is 15.2. The molecule has 0 aliphatic heterocycles. The SMILES string of the molecule is COCc1nc(-c2c(C)nc3c(-c4ccccc4)c(C(F)(F)F)[nH]n3c2=O)oc1C1CCCCC1. The molecular formula is C25H25F3N4O3. The molecule has 1 aromatic carbocycles. The van der Waals surface area contributed by atoms with Gasteiger partial charge in [-0.25, -0.2) is 9.97 Å². The van der Waals surface area contributed by atoms with E-state index in [0.717, 1.165) is 36.6 Å².